The molecular weight excluding hydrogens is 410 g/mol. The van der Waals surface area contributed by atoms with Crippen molar-refractivity contribution in [2.24, 2.45) is 0 Å². The highest BCUT2D eigenvalue weighted by Crippen LogP contribution is 2.33. The lowest BCUT2D eigenvalue weighted by atomic mass is 10.4. The van der Waals surface area contributed by atoms with Crippen LogP contribution in [0.5, 0.6) is 0 Å². The Morgan fingerprint density at radius 3 is 2.20 bits per heavy atom. The second kappa shape index (κ2) is 6.07. The van der Waals surface area contributed by atoms with Gasteiger partial charge in [-0.05, 0) is 24.3 Å². The first kappa shape index (κ1) is 15.9. The molecule has 0 aliphatic rings. The van der Waals surface area contributed by atoms with Gasteiger partial charge in [-0.1, -0.05) is 50.7 Å². The number of nitrogens with one attached hydrogen (secondary N) is 1. The Hall–Kier alpha value is -0.530. The van der Waals surface area contributed by atoms with Gasteiger partial charge in [0.05, 0.1) is 21.9 Å². The maximum absolute atomic E-state index is 12.3. The number of aromatic nitrogens is 1. The number of halogens is 4. The second-order valence-electron chi connectivity index (χ2n) is 3.67. The summed E-state index contributed by atoms with van der Waals surface area (Å²) in [5, 5.41) is 0.283. The van der Waals surface area contributed by atoms with Crippen LogP contribution in [0.2, 0.25) is 15.2 Å². The lowest BCUT2D eigenvalue weighted by Gasteiger charge is -2.11. The molecule has 9 heteroatoms. The first-order chi connectivity index (χ1) is 9.29. The Bertz CT molecular complexity index is 728. The summed E-state index contributed by atoms with van der Waals surface area (Å²) in [5.41, 5.74) is 0.254. The molecule has 0 atom stereocenters. The Kier molecular flexibility index (Phi) is 4.81. The van der Waals surface area contributed by atoms with Crippen molar-refractivity contribution in [1.29, 1.82) is 0 Å². The molecule has 20 heavy (non-hydrogen) atoms. The van der Waals surface area contributed by atoms with E-state index in [2.05, 4.69) is 25.6 Å². The maximum atomic E-state index is 12.3. The minimum absolute atomic E-state index is 0.0128. The highest BCUT2D eigenvalue weighted by molar-refractivity contribution is 9.10. The fraction of sp³-hybridized carbons (Fsp3) is 0. The molecule has 106 valence electrons. The van der Waals surface area contributed by atoms with Gasteiger partial charge < -0.3 is 0 Å². The smallest absolute Gasteiger partial charge is 0.264 e. The molecule has 2 aromatic rings. The molecule has 0 radical (unpaired) electrons. The standard InChI is InChI=1S/C11H6BrCl3N2O2S/c12-6-3-8(13)11(9(14)4-6)20(18,19)17-7-1-2-10(15)16-5-7/h1-5,17H. The van der Waals surface area contributed by atoms with E-state index in [9.17, 15) is 8.42 Å². The van der Waals surface area contributed by atoms with Crippen LogP contribution in [-0.2, 0) is 10.0 Å². The predicted molar refractivity (Wildman–Crippen MR) is 84.2 cm³/mol. The van der Waals surface area contributed by atoms with E-state index in [4.69, 9.17) is 34.8 Å². The van der Waals surface area contributed by atoms with Gasteiger partial charge in [0.1, 0.15) is 10.0 Å². The minimum Gasteiger partial charge on any atom is -0.278 e. The van der Waals surface area contributed by atoms with Crippen molar-refractivity contribution in [3.8, 4) is 0 Å². The zero-order valence-corrected chi connectivity index (χ0v) is 14.2. The Morgan fingerprint density at radius 2 is 1.70 bits per heavy atom. The van der Waals surface area contributed by atoms with Crippen molar-refractivity contribution in [1.82, 2.24) is 4.98 Å². The van der Waals surface area contributed by atoms with Gasteiger partial charge in [0.25, 0.3) is 10.0 Å². The van der Waals surface area contributed by atoms with Crippen LogP contribution in [0, 0.1) is 0 Å². The molecule has 1 aromatic heterocycles. The molecule has 0 aliphatic heterocycles. The SMILES string of the molecule is O=S(=O)(Nc1ccc(Cl)nc1)c1c(Cl)cc(Br)cc1Cl. The molecule has 0 unspecified atom stereocenters. The average molecular weight is 417 g/mol. The summed E-state index contributed by atoms with van der Waals surface area (Å²) in [4.78, 5) is 3.59. The van der Waals surface area contributed by atoms with Crippen LogP contribution in [0.25, 0.3) is 0 Å². The summed E-state index contributed by atoms with van der Waals surface area (Å²) < 4.78 is 27.5. The van der Waals surface area contributed by atoms with E-state index in [1.165, 1.54) is 30.5 Å². The molecule has 0 bridgehead atoms. The Balaban J connectivity index is 2.43. The molecule has 1 aromatic carbocycles. The van der Waals surface area contributed by atoms with Crippen molar-refractivity contribution < 1.29 is 8.42 Å². The maximum Gasteiger partial charge on any atom is 0.264 e. The molecular formula is C11H6BrCl3N2O2S. The number of hydrogen-bond acceptors (Lipinski definition) is 3. The number of anilines is 1. The number of nitrogens with zero attached hydrogens (tertiary/aromatic N) is 1. The first-order valence-corrected chi connectivity index (χ1v) is 8.49. The average Bonchev–Trinajstić information content (AvgIpc) is 2.30. The highest BCUT2D eigenvalue weighted by atomic mass is 79.9. The van der Waals surface area contributed by atoms with E-state index in [1.54, 1.807) is 0 Å². The van der Waals surface area contributed by atoms with E-state index in [1.807, 2.05) is 0 Å². The Labute approximate surface area is 139 Å². The van der Waals surface area contributed by atoms with Crippen LogP contribution >= 0.6 is 50.7 Å². The van der Waals surface area contributed by atoms with Crippen LogP contribution in [-0.4, -0.2) is 13.4 Å². The van der Waals surface area contributed by atoms with Crippen LogP contribution in [0.1, 0.15) is 0 Å². The van der Waals surface area contributed by atoms with Crippen molar-refractivity contribution in [3.05, 3.63) is 50.1 Å². The van der Waals surface area contributed by atoms with Gasteiger partial charge in [-0.2, -0.15) is 0 Å². The molecule has 0 saturated carbocycles. The number of pyridine rings is 1. The molecule has 0 fully saturated rings. The van der Waals surface area contributed by atoms with Crippen LogP contribution in [0.15, 0.2) is 39.8 Å². The fourth-order valence-corrected chi connectivity index (χ4v) is 4.52. The monoisotopic (exact) mass is 414 g/mol. The van der Waals surface area contributed by atoms with E-state index >= 15 is 0 Å². The van der Waals surface area contributed by atoms with E-state index in [0.29, 0.717) is 4.47 Å². The molecule has 0 aliphatic carbocycles. The van der Waals surface area contributed by atoms with Gasteiger partial charge in [0, 0.05) is 4.47 Å². The number of rotatable bonds is 3. The quantitative estimate of drug-likeness (QED) is 0.744. The highest BCUT2D eigenvalue weighted by Gasteiger charge is 2.22. The third-order valence-corrected chi connectivity index (χ3v) is 5.19. The van der Waals surface area contributed by atoms with Crippen LogP contribution < -0.4 is 4.72 Å². The number of hydrogen-bond donors (Lipinski definition) is 1. The summed E-state index contributed by atoms with van der Waals surface area (Å²) in [6.07, 6.45) is 1.29. The minimum atomic E-state index is -3.92. The summed E-state index contributed by atoms with van der Waals surface area (Å²) >= 11 is 20.7. The van der Waals surface area contributed by atoms with Crippen molar-refractivity contribution in [3.63, 3.8) is 0 Å². The second-order valence-corrected chi connectivity index (χ2v) is 7.41. The van der Waals surface area contributed by atoms with Gasteiger partial charge in [0.15, 0.2) is 0 Å². The molecule has 0 saturated heterocycles. The summed E-state index contributed by atoms with van der Waals surface area (Å²) in [7, 11) is -3.92. The summed E-state index contributed by atoms with van der Waals surface area (Å²) in [6.45, 7) is 0. The third-order valence-electron chi connectivity index (χ3n) is 2.21. The zero-order valence-electron chi connectivity index (χ0n) is 9.57. The van der Waals surface area contributed by atoms with Gasteiger partial charge in [-0.3, -0.25) is 4.72 Å². The van der Waals surface area contributed by atoms with Gasteiger partial charge in [-0.25, -0.2) is 13.4 Å². The Morgan fingerprint density at radius 1 is 1.10 bits per heavy atom. The largest absolute Gasteiger partial charge is 0.278 e. The number of sulfonamides is 1. The topological polar surface area (TPSA) is 59.1 Å². The molecule has 1 heterocycles. The van der Waals surface area contributed by atoms with Crippen LogP contribution in [0.4, 0.5) is 5.69 Å². The van der Waals surface area contributed by atoms with Crippen molar-refractivity contribution >= 4 is 66.4 Å². The molecule has 2 rings (SSSR count). The van der Waals surface area contributed by atoms with Crippen molar-refractivity contribution in [2.75, 3.05) is 4.72 Å². The fourth-order valence-electron chi connectivity index (χ4n) is 1.43. The molecule has 4 nitrogen and oxygen atoms in total. The van der Waals surface area contributed by atoms with Gasteiger partial charge >= 0.3 is 0 Å². The molecule has 0 spiro atoms. The van der Waals surface area contributed by atoms with Gasteiger partial charge in [0.2, 0.25) is 0 Å². The molecule has 1 N–H and O–H groups in total. The normalized spacial score (nSPS) is 11.4. The molecule has 0 amide bonds. The summed E-state index contributed by atoms with van der Waals surface area (Å²) in [5.74, 6) is 0. The van der Waals surface area contributed by atoms with Crippen molar-refractivity contribution in [2.45, 2.75) is 4.90 Å². The number of benzene rings is 1. The van der Waals surface area contributed by atoms with E-state index < -0.39 is 10.0 Å². The predicted octanol–water partition coefficient (Wildman–Crippen LogP) is 4.61. The lowest BCUT2D eigenvalue weighted by molar-refractivity contribution is 0.601. The first-order valence-electron chi connectivity index (χ1n) is 5.08. The zero-order chi connectivity index (χ0) is 14.9. The third kappa shape index (κ3) is 3.56. The van der Waals surface area contributed by atoms with Gasteiger partial charge in [-0.15, -0.1) is 0 Å². The van der Waals surface area contributed by atoms with E-state index in [-0.39, 0.29) is 25.8 Å². The van der Waals surface area contributed by atoms with Crippen LogP contribution in [0.3, 0.4) is 0 Å². The lowest BCUT2D eigenvalue weighted by Crippen LogP contribution is -2.14. The van der Waals surface area contributed by atoms with E-state index in [0.717, 1.165) is 0 Å². The summed E-state index contributed by atoms with van der Waals surface area (Å²) in [6, 6.07) is 5.84.